The first kappa shape index (κ1) is 14.4. The minimum atomic E-state index is -2.87. The fraction of sp³-hybridized carbons (Fsp3) is 0.533. The van der Waals surface area contributed by atoms with Crippen molar-refractivity contribution in [2.45, 2.75) is 25.1 Å². The molecule has 2 aromatic heterocycles. The molecule has 5 nitrogen and oxygen atoms in total. The van der Waals surface area contributed by atoms with E-state index in [4.69, 9.17) is 4.42 Å². The highest BCUT2D eigenvalue weighted by Gasteiger charge is 2.46. The van der Waals surface area contributed by atoms with Gasteiger partial charge in [0.25, 0.3) is 0 Å². The molecule has 4 rings (SSSR count). The summed E-state index contributed by atoms with van der Waals surface area (Å²) in [6.45, 7) is 4.07. The number of likely N-dealkylation sites (tertiary alicyclic amines) is 1. The van der Waals surface area contributed by atoms with Gasteiger partial charge < -0.3 is 4.42 Å². The van der Waals surface area contributed by atoms with E-state index in [0.29, 0.717) is 30.7 Å². The monoisotopic (exact) mass is 338 g/mol. The number of oxazole rings is 1. The van der Waals surface area contributed by atoms with Crippen molar-refractivity contribution in [1.29, 1.82) is 0 Å². The van der Waals surface area contributed by atoms with Crippen LogP contribution >= 0.6 is 11.3 Å². The van der Waals surface area contributed by atoms with Gasteiger partial charge in [-0.2, -0.15) is 11.3 Å². The molecule has 0 bridgehead atoms. The molecule has 2 fully saturated rings. The summed E-state index contributed by atoms with van der Waals surface area (Å²) in [5.41, 5.74) is 1.92. The van der Waals surface area contributed by atoms with Gasteiger partial charge in [0.05, 0.1) is 16.7 Å². The molecule has 2 aliphatic heterocycles. The molecule has 2 aromatic rings. The number of thiophene rings is 1. The van der Waals surface area contributed by atoms with Crippen molar-refractivity contribution in [3.63, 3.8) is 0 Å². The van der Waals surface area contributed by atoms with Gasteiger partial charge in [-0.3, -0.25) is 4.90 Å². The third-order valence-electron chi connectivity index (χ3n) is 4.73. The molecule has 2 saturated heterocycles. The van der Waals surface area contributed by atoms with Gasteiger partial charge >= 0.3 is 0 Å². The molecular formula is C15H18N2O3S2. The van der Waals surface area contributed by atoms with Gasteiger partial charge in [-0.1, -0.05) is 0 Å². The molecule has 0 saturated carbocycles. The van der Waals surface area contributed by atoms with Crippen LogP contribution in [0.25, 0.3) is 11.5 Å². The third-order valence-corrected chi connectivity index (χ3v) is 7.67. The Labute approximate surface area is 133 Å². The number of hydrogen-bond acceptors (Lipinski definition) is 6. The predicted octanol–water partition coefficient (Wildman–Crippen LogP) is 2.33. The van der Waals surface area contributed by atoms with E-state index < -0.39 is 9.84 Å². The number of nitrogens with zero attached hydrogens (tertiary/aromatic N) is 2. The van der Waals surface area contributed by atoms with Crippen LogP contribution < -0.4 is 0 Å². The average Bonchev–Trinajstić information content (AvgIpc) is 3.20. The third kappa shape index (κ3) is 2.41. The summed E-state index contributed by atoms with van der Waals surface area (Å²) in [5, 5.41) is 3.85. The molecule has 7 heteroatoms. The highest BCUT2D eigenvalue weighted by Crippen LogP contribution is 2.34. The summed E-state index contributed by atoms with van der Waals surface area (Å²) in [6.07, 6.45) is 0.807. The van der Waals surface area contributed by atoms with Crippen molar-refractivity contribution in [2.24, 2.45) is 5.92 Å². The Balaban J connectivity index is 1.51. The van der Waals surface area contributed by atoms with E-state index in [1.54, 1.807) is 11.3 Å². The fourth-order valence-electron chi connectivity index (χ4n) is 3.50. The lowest BCUT2D eigenvalue weighted by Crippen LogP contribution is -2.26. The van der Waals surface area contributed by atoms with E-state index in [9.17, 15) is 8.42 Å². The summed E-state index contributed by atoms with van der Waals surface area (Å²) in [6, 6.07) is 1.99. The lowest BCUT2D eigenvalue weighted by atomic mass is 10.1. The molecule has 2 atom stereocenters. The standard InChI is InChI=1S/C15H18N2O3S2/c1-10-13(16-15(20-10)12-2-4-21-9-12)7-17-6-11-3-5-22(18,19)14(11)8-17/h2,4,9,11,14H,3,5-8H2,1H3/t11-,14+/m0/s1. The Morgan fingerprint density at radius 3 is 3.05 bits per heavy atom. The van der Waals surface area contributed by atoms with Crippen LogP contribution in [0.4, 0.5) is 0 Å². The molecule has 0 radical (unpaired) electrons. The summed E-state index contributed by atoms with van der Waals surface area (Å²) in [4.78, 5) is 6.80. The van der Waals surface area contributed by atoms with Crippen LogP contribution in [0.5, 0.6) is 0 Å². The quantitative estimate of drug-likeness (QED) is 0.859. The Morgan fingerprint density at radius 2 is 2.32 bits per heavy atom. The Hall–Kier alpha value is -1.18. The zero-order valence-electron chi connectivity index (χ0n) is 12.4. The van der Waals surface area contributed by atoms with Crippen LogP contribution in [0.1, 0.15) is 17.9 Å². The van der Waals surface area contributed by atoms with Crippen LogP contribution in [0.3, 0.4) is 0 Å². The maximum Gasteiger partial charge on any atom is 0.227 e. The Kier molecular flexibility index (Phi) is 3.39. The number of aryl methyl sites for hydroxylation is 1. The summed E-state index contributed by atoms with van der Waals surface area (Å²) >= 11 is 1.62. The van der Waals surface area contributed by atoms with Gasteiger partial charge in [0.2, 0.25) is 5.89 Å². The Morgan fingerprint density at radius 1 is 1.45 bits per heavy atom. The van der Waals surface area contributed by atoms with Crippen molar-refractivity contribution in [2.75, 3.05) is 18.8 Å². The van der Waals surface area contributed by atoms with E-state index >= 15 is 0 Å². The zero-order valence-corrected chi connectivity index (χ0v) is 14.0. The van der Waals surface area contributed by atoms with Crippen molar-refractivity contribution in [3.05, 3.63) is 28.3 Å². The average molecular weight is 338 g/mol. The van der Waals surface area contributed by atoms with Gasteiger partial charge in [-0.05, 0) is 30.7 Å². The van der Waals surface area contributed by atoms with Crippen LogP contribution in [0, 0.1) is 12.8 Å². The first-order valence-corrected chi connectivity index (χ1v) is 10.1. The van der Waals surface area contributed by atoms with Crippen LogP contribution in [0.2, 0.25) is 0 Å². The van der Waals surface area contributed by atoms with Gasteiger partial charge in [0.1, 0.15) is 5.76 Å². The van der Waals surface area contributed by atoms with Gasteiger partial charge in [-0.15, -0.1) is 0 Å². The van der Waals surface area contributed by atoms with Gasteiger partial charge in [-0.25, -0.2) is 13.4 Å². The molecule has 22 heavy (non-hydrogen) atoms. The molecule has 0 aromatic carbocycles. The molecule has 118 valence electrons. The lowest BCUT2D eigenvalue weighted by Gasteiger charge is -2.15. The van der Waals surface area contributed by atoms with E-state index in [-0.39, 0.29) is 5.25 Å². The predicted molar refractivity (Wildman–Crippen MR) is 85.5 cm³/mol. The molecule has 4 heterocycles. The molecule has 0 N–H and O–H groups in total. The fourth-order valence-corrected chi connectivity index (χ4v) is 6.31. The molecule has 0 amide bonds. The van der Waals surface area contributed by atoms with Gasteiger partial charge in [0, 0.05) is 30.6 Å². The second kappa shape index (κ2) is 5.18. The zero-order chi connectivity index (χ0) is 15.3. The second-order valence-corrected chi connectivity index (χ2v) is 9.30. The van der Waals surface area contributed by atoms with Crippen LogP contribution in [0.15, 0.2) is 21.2 Å². The van der Waals surface area contributed by atoms with Crippen LogP contribution in [-0.4, -0.2) is 42.4 Å². The number of hydrogen-bond donors (Lipinski definition) is 0. The first-order valence-electron chi connectivity index (χ1n) is 7.46. The summed E-state index contributed by atoms with van der Waals surface area (Å²) in [5.74, 6) is 2.14. The van der Waals surface area contributed by atoms with E-state index in [0.717, 1.165) is 30.0 Å². The maximum atomic E-state index is 12.0. The van der Waals surface area contributed by atoms with Gasteiger partial charge in [0.15, 0.2) is 9.84 Å². The number of aromatic nitrogens is 1. The second-order valence-electron chi connectivity index (χ2n) is 6.18. The highest BCUT2D eigenvalue weighted by atomic mass is 32.2. The largest absolute Gasteiger partial charge is 0.441 e. The number of fused-ring (bicyclic) bond motifs is 1. The molecule has 0 aliphatic carbocycles. The normalized spacial score (nSPS) is 27.3. The molecule has 0 spiro atoms. The van der Waals surface area contributed by atoms with Crippen molar-refractivity contribution < 1.29 is 12.8 Å². The first-order chi connectivity index (χ1) is 10.5. The van der Waals surface area contributed by atoms with Crippen molar-refractivity contribution >= 4 is 21.2 Å². The lowest BCUT2D eigenvalue weighted by molar-refractivity contribution is 0.309. The minimum Gasteiger partial charge on any atom is -0.441 e. The van der Waals surface area contributed by atoms with Crippen molar-refractivity contribution in [1.82, 2.24) is 9.88 Å². The summed E-state index contributed by atoms with van der Waals surface area (Å²) < 4.78 is 29.8. The number of sulfone groups is 1. The molecule has 0 unspecified atom stereocenters. The van der Waals surface area contributed by atoms with E-state index in [1.165, 1.54) is 0 Å². The Bertz CT molecular complexity index is 780. The minimum absolute atomic E-state index is 0.170. The highest BCUT2D eigenvalue weighted by molar-refractivity contribution is 7.92. The number of rotatable bonds is 3. The van der Waals surface area contributed by atoms with Crippen LogP contribution in [-0.2, 0) is 16.4 Å². The smallest absolute Gasteiger partial charge is 0.227 e. The molecule has 2 aliphatic rings. The summed E-state index contributed by atoms with van der Waals surface area (Å²) in [7, 11) is -2.87. The van der Waals surface area contributed by atoms with Crippen molar-refractivity contribution in [3.8, 4) is 11.5 Å². The topological polar surface area (TPSA) is 63.4 Å². The SMILES string of the molecule is Cc1oc(-c2ccsc2)nc1CN1C[C@@H]2CCS(=O)(=O)[C@@H]2C1. The maximum absolute atomic E-state index is 12.0. The van der Waals surface area contributed by atoms with E-state index in [2.05, 4.69) is 9.88 Å². The van der Waals surface area contributed by atoms with E-state index in [1.807, 2.05) is 23.8 Å². The molecular weight excluding hydrogens is 320 g/mol.